The zero-order valence-electron chi connectivity index (χ0n) is 5.39. The van der Waals surface area contributed by atoms with Gasteiger partial charge in [0.05, 0.1) is 6.61 Å². The molecule has 1 aliphatic heterocycles. The Morgan fingerprint density at radius 3 is 3.00 bits per heavy atom. The van der Waals surface area contributed by atoms with E-state index in [9.17, 15) is 4.79 Å². The van der Waals surface area contributed by atoms with Crippen LogP contribution in [0, 0.1) is 11.3 Å². The first-order chi connectivity index (χ1) is 5.38. The molecular weight excluding hydrogens is 152 g/mol. The number of nitrogens with zero attached hydrogens (tertiary/aromatic N) is 2. The van der Waals surface area contributed by atoms with Crippen molar-refractivity contribution in [2.75, 3.05) is 6.61 Å². The topological polar surface area (TPSA) is 84.2 Å². The van der Waals surface area contributed by atoms with Crippen molar-refractivity contribution in [3.8, 4) is 6.07 Å². The molecule has 58 valence electrons. The molecule has 11 heavy (non-hydrogen) atoms. The molecule has 1 fully saturated rings. The molecule has 0 radical (unpaired) electrons. The Morgan fingerprint density at radius 2 is 2.55 bits per heavy atom. The molecule has 0 aromatic carbocycles. The summed E-state index contributed by atoms with van der Waals surface area (Å²) in [5.41, 5.74) is 0. The van der Waals surface area contributed by atoms with Gasteiger partial charge in [-0.05, 0) is 0 Å². The van der Waals surface area contributed by atoms with E-state index in [1.165, 1.54) is 0 Å². The van der Waals surface area contributed by atoms with E-state index in [1.807, 2.05) is 0 Å². The molecular formula is C5H4N2O4. The van der Waals surface area contributed by atoms with E-state index >= 15 is 0 Å². The molecule has 6 nitrogen and oxygen atoms in total. The molecule has 1 heterocycles. The molecule has 1 aliphatic rings. The smallest absolute Gasteiger partial charge is 0.280 e. The Hall–Kier alpha value is -1.41. The number of nitriles is 1. The van der Waals surface area contributed by atoms with Crippen LogP contribution in [0.4, 0.5) is 0 Å². The highest BCUT2D eigenvalue weighted by atomic mass is 17.3. The van der Waals surface area contributed by atoms with Gasteiger partial charge in [-0.1, -0.05) is 0 Å². The second-order valence-corrected chi connectivity index (χ2v) is 1.77. The lowest BCUT2D eigenvalue weighted by molar-refractivity contribution is -0.315. The zero-order valence-corrected chi connectivity index (χ0v) is 5.39. The van der Waals surface area contributed by atoms with Gasteiger partial charge in [0, 0.05) is 5.16 Å². The van der Waals surface area contributed by atoms with Crippen LogP contribution in [0.15, 0.2) is 5.16 Å². The molecule has 0 aliphatic carbocycles. The molecule has 1 saturated heterocycles. The van der Waals surface area contributed by atoms with Crippen LogP contribution < -0.4 is 0 Å². The third-order valence-corrected chi connectivity index (χ3v) is 1.05. The largest absolute Gasteiger partial charge is 0.369 e. The molecule has 0 aromatic rings. The molecule has 0 saturated carbocycles. The summed E-state index contributed by atoms with van der Waals surface area (Å²) >= 11 is 0. The van der Waals surface area contributed by atoms with Gasteiger partial charge >= 0.3 is 0 Å². The van der Waals surface area contributed by atoms with Crippen LogP contribution in [-0.2, 0) is 19.4 Å². The normalized spacial score (nSPS) is 22.6. The van der Waals surface area contributed by atoms with E-state index in [2.05, 4.69) is 15.0 Å². The zero-order chi connectivity index (χ0) is 8.10. The van der Waals surface area contributed by atoms with E-state index in [0.717, 1.165) is 6.08 Å². The van der Waals surface area contributed by atoms with E-state index in [4.69, 9.17) is 10.00 Å². The SMILES string of the molecule is N#CC(OON=C=O)C1CO1. The Kier molecular flexibility index (Phi) is 2.58. The molecule has 0 N–H and O–H groups in total. The highest BCUT2D eigenvalue weighted by Crippen LogP contribution is 2.16. The molecule has 2 unspecified atom stereocenters. The van der Waals surface area contributed by atoms with Gasteiger partial charge in [-0.25, -0.2) is 9.78 Å². The van der Waals surface area contributed by atoms with Crippen LogP contribution in [0.3, 0.4) is 0 Å². The fourth-order valence-corrected chi connectivity index (χ4v) is 0.480. The molecule has 0 aromatic heterocycles. The summed E-state index contributed by atoms with van der Waals surface area (Å²) in [4.78, 5) is 17.7. The Morgan fingerprint density at radius 1 is 1.82 bits per heavy atom. The molecule has 2 atom stereocenters. The summed E-state index contributed by atoms with van der Waals surface area (Å²) < 4.78 is 4.72. The predicted octanol–water partition coefficient (Wildman–Crippen LogP) is -0.524. The highest BCUT2D eigenvalue weighted by Gasteiger charge is 2.35. The summed E-state index contributed by atoms with van der Waals surface area (Å²) in [6.45, 7) is 0.465. The van der Waals surface area contributed by atoms with Crippen LogP contribution in [0.5, 0.6) is 0 Å². The van der Waals surface area contributed by atoms with Crippen molar-refractivity contribution < 1.29 is 19.4 Å². The van der Waals surface area contributed by atoms with Gasteiger partial charge in [-0.15, -0.1) is 4.89 Å². The van der Waals surface area contributed by atoms with Crippen molar-refractivity contribution in [2.45, 2.75) is 12.2 Å². The van der Waals surface area contributed by atoms with Crippen molar-refractivity contribution in [3.05, 3.63) is 0 Å². The monoisotopic (exact) mass is 156 g/mol. The van der Waals surface area contributed by atoms with E-state index in [0.29, 0.717) is 6.61 Å². The van der Waals surface area contributed by atoms with Crippen molar-refractivity contribution in [1.29, 1.82) is 5.26 Å². The lowest BCUT2D eigenvalue weighted by atomic mass is 10.3. The predicted molar refractivity (Wildman–Crippen MR) is 29.4 cm³/mol. The van der Waals surface area contributed by atoms with Crippen molar-refractivity contribution in [2.24, 2.45) is 5.16 Å². The van der Waals surface area contributed by atoms with Gasteiger partial charge in [-0.3, -0.25) is 0 Å². The van der Waals surface area contributed by atoms with Gasteiger partial charge in [0.15, 0.2) is 0 Å². The van der Waals surface area contributed by atoms with Gasteiger partial charge in [0.25, 0.3) is 6.08 Å². The summed E-state index contributed by atoms with van der Waals surface area (Å²) in [7, 11) is 0. The summed E-state index contributed by atoms with van der Waals surface area (Å²) in [6, 6.07) is 1.76. The van der Waals surface area contributed by atoms with Crippen molar-refractivity contribution in [3.63, 3.8) is 0 Å². The lowest BCUT2D eigenvalue weighted by Gasteiger charge is -1.99. The number of rotatable bonds is 4. The number of isocyanates is 1. The van der Waals surface area contributed by atoms with E-state index in [1.54, 1.807) is 6.07 Å². The van der Waals surface area contributed by atoms with E-state index < -0.39 is 6.10 Å². The van der Waals surface area contributed by atoms with Gasteiger partial charge in [0.2, 0.25) is 6.10 Å². The molecule has 0 spiro atoms. The number of carbonyl (C=O) groups excluding carboxylic acids is 1. The van der Waals surface area contributed by atoms with Gasteiger partial charge < -0.3 is 4.74 Å². The standard InChI is InChI=1S/C5H4N2O4/c6-1-4(5-2-9-5)10-11-7-3-8/h4-5H,2H2. The number of ether oxygens (including phenoxy) is 1. The first-order valence-corrected chi connectivity index (χ1v) is 2.79. The third kappa shape index (κ3) is 2.35. The second kappa shape index (κ2) is 3.68. The molecule has 0 bridgehead atoms. The second-order valence-electron chi connectivity index (χ2n) is 1.77. The van der Waals surface area contributed by atoms with Crippen molar-refractivity contribution >= 4 is 6.08 Å². The van der Waals surface area contributed by atoms with Crippen LogP contribution in [0.1, 0.15) is 0 Å². The van der Waals surface area contributed by atoms with Crippen LogP contribution in [-0.4, -0.2) is 24.9 Å². The lowest BCUT2D eigenvalue weighted by Crippen LogP contribution is -2.16. The summed E-state index contributed by atoms with van der Waals surface area (Å²) in [5.74, 6) is 0. The quantitative estimate of drug-likeness (QED) is 0.180. The fourth-order valence-electron chi connectivity index (χ4n) is 0.480. The number of hydrogen-bond acceptors (Lipinski definition) is 6. The fraction of sp³-hybridized carbons (Fsp3) is 0.600. The molecule has 6 heteroatoms. The van der Waals surface area contributed by atoms with Crippen LogP contribution in [0.25, 0.3) is 0 Å². The van der Waals surface area contributed by atoms with Crippen LogP contribution in [0.2, 0.25) is 0 Å². The first-order valence-electron chi connectivity index (χ1n) is 2.79. The van der Waals surface area contributed by atoms with Gasteiger partial charge in [0.1, 0.15) is 12.2 Å². The third-order valence-electron chi connectivity index (χ3n) is 1.05. The highest BCUT2D eigenvalue weighted by molar-refractivity contribution is 5.31. The maximum Gasteiger partial charge on any atom is 0.280 e. The number of hydrogen-bond donors (Lipinski definition) is 0. The Balaban J connectivity index is 2.21. The summed E-state index contributed by atoms with van der Waals surface area (Å²) in [5, 5.41) is 11.0. The maximum absolute atomic E-state index is 9.45. The molecule has 1 rings (SSSR count). The first kappa shape index (κ1) is 7.69. The average Bonchev–Trinajstić information content (AvgIpc) is 2.81. The van der Waals surface area contributed by atoms with Gasteiger partial charge in [-0.2, -0.15) is 5.26 Å². The van der Waals surface area contributed by atoms with Crippen LogP contribution >= 0.6 is 0 Å². The number of epoxide rings is 1. The Bertz CT molecular complexity index is 213. The maximum atomic E-state index is 9.45. The minimum atomic E-state index is -0.827. The van der Waals surface area contributed by atoms with E-state index in [-0.39, 0.29) is 6.10 Å². The minimum absolute atomic E-state index is 0.262. The minimum Gasteiger partial charge on any atom is -0.369 e. The average molecular weight is 156 g/mol. The summed E-state index contributed by atoms with van der Waals surface area (Å²) in [6.07, 6.45) is -0.00490. The molecule has 0 amide bonds. The van der Waals surface area contributed by atoms with Crippen molar-refractivity contribution in [1.82, 2.24) is 0 Å². The Labute approximate surface area is 61.9 Å².